The monoisotopic (exact) mass is 813 g/mol. The second-order valence-electron chi connectivity index (χ2n) is 14.5. The van der Waals surface area contributed by atoms with E-state index in [0.717, 1.165) is 10.9 Å². The van der Waals surface area contributed by atoms with Gasteiger partial charge in [0.15, 0.2) is 0 Å². The zero-order chi connectivity index (χ0) is 43.1. The van der Waals surface area contributed by atoms with Crippen LogP contribution in [0.1, 0.15) is 43.4 Å². The third-order valence-corrected chi connectivity index (χ3v) is 9.66. The van der Waals surface area contributed by atoms with Crippen molar-refractivity contribution in [2.75, 3.05) is 6.61 Å². The van der Waals surface area contributed by atoms with Gasteiger partial charge in [0.05, 0.1) is 12.6 Å². The number of carbonyl (C=O) groups excluding carboxylic acids is 5. The Labute approximate surface area is 340 Å². The molecule has 0 aliphatic carbocycles. The van der Waals surface area contributed by atoms with E-state index >= 15 is 0 Å². The lowest BCUT2D eigenvalue weighted by atomic mass is 10.0. The van der Waals surface area contributed by atoms with Gasteiger partial charge in [-0.15, -0.1) is 0 Å². The van der Waals surface area contributed by atoms with E-state index in [-0.39, 0.29) is 25.2 Å². The van der Waals surface area contributed by atoms with Gasteiger partial charge in [0, 0.05) is 42.8 Å². The van der Waals surface area contributed by atoms with E-state index in [2.05, 4.69) is 31.6 Å². The Balaban J connectivity index is 1.66. The van der Waals surface area contributed by atoms with Crippen LogP contribution in [0.15, 0.2) is 91.1 Å². The Morgan fingerprint density at radius 1 is 0.593 bits per heavy atom. The lowest BCUT2D eigenvalue weighted by molar-refractivity contribution is -0.143. The Hall–Kier alpha value is -6.59. The summed E-state index contributed by atoms with van der Waals surface area (Å²) in [5.74, 6) is -7.12. The average molecular weight is 814 g/mol. The number of carboxylic acids is 2. The van der Waals surface area contributed by atoms with Crippen LogP contribution in [-0.2, 0) is 52.8 Å². The fraction of sp³-hybridized carbons (Fsp3) is 0.357. The predicted octanol–water partition coefficient (Wildman–Crippen LogP) is 0.545. The summed E-state index contributed by atoms with van der Waals surface area (Å²) in [4.78, 5) is 94.9. The van der Waals surface area contributed by atoms with Crippen LogP contribution in [0.25, 0.3) is 10.9 Å². The fourth-order valence-electron chi connectivity index (χ4n) is 6.23. The molecule has 1 heterocycles. The highest BCUT2D eigenvalue weighted by atomic mass is 16.4. The van der Waals surface area contributed by atoms with E-state index < -0.39 is 97.2 Å². The first kappa shape index (κ1) is 45.1. The summed E-state index contributed by atoms with van der Waals surface area (Å²) in [6.45, 7) is 2.62. The molecule has 0 saturated heterocycles. The van der Waals surface area contributed by atoms with Crippen molar-refractivity contribution in [3.8, 4) is 0 Å². The van der Waals surface area contributed by atoms with Gasteiger partial charge in [-0.2, -0.15) is 0 Å². The highest BCUT2D eigenvalue weighted by molar-refractivity contribution is 5.97. The van der Waals surface area contributed by atoms with Gasteiger partial charge in [-0.25, -0.2) is 4.79 Å². The summed E-state index contributed by atoms with van der Waals surface area (Å²) in [5.41, 5.74) is 8.58. The minimum absolute atomic E-state index is 0.0788. The first-order valence-corrected chi connectivity index (χ1v) is 19.1. The number of aliphatic carboxylic acids is 2. The number of nitrogens with one attached hydrogen (secondary N) is 6. The number of benzene rings is 3. The van der Waals surface area contributed by atoms with E-state index in [0.29, 0.717) is 16.7 Å². The van der Waals surface area contributed by atoms with Crippen molar-refractivity contribution in [3.63, 3.8) is 0 Å². The molecule has 59 heavy (non-hydrogen) atoms. The molecule has 11 N–H and O–H groups in total. The van der Waals surface area contributed by atoms with Crippen LogP contribution in [0.5, 0.6) is 0 Å². The molecule has 17 nitrogen and oxygen atoms in total. The topological polar surface area (TPSA) is 282 Å². The van der Waals surface area contributed by atoms with E-state index in [4.69, 9.17) is 10.8 Å². The quantitative estimate of drug-likeness (QED) is 0.0523. The Bertz CT molecular complexity index is 2080. The normalized spacial score (nSPS) is 14.2. The number of aliphatic hydroxyl groups is 1. The number of para-hydroxylation sites is 1. The third-order valence-electron chi connectivity index (χ3n) is 9.66. The van der Waals surface area contributed by atoms with Gasteiger partial charge in [-0.1, -0.05) is 92.7 Å². The lowest BCUT2D eigenvalue weighted by Crippen LogP contribution is -2.60. The number of aromatic nitrogens is 1. The molecular formula is C42H51N7O10. The fourth-order valence-corrected chi connectivity index (χ4v) is 6.23. The van der Waals surface area contributed by atoms with Gasteiger partial charge in [-0.05, 0) is 35.1 Å². The Morgan fingerprint density at radius 2 is 1.03 bits per heavy atom. The van der Waals surface area contributed by atoms with Crippen molar-refractivity contribution in [1.29, 1.82) is 0 Å². The molecule has 4 aromatic rings. The van der Waals surface area contributed by atoms with Crippen LogP contribution in [0.3, 0.4) is 0 Å². The zero-order valence-electron chi connectivity index (χ0n) is 32.7. The van der Waals surface area contributed by atoms with Gasteiger partial charge in [-0.3, -0.25) is 28.8 Å². The maximum Gasteiger partial charge on any atom is 0.326 e. The minimum atomic E-state index is -1.57. The van der Waals surface area contributed by atoms with E-state index in [1.807, 2.05) is 18.2 Å². The minimum Gasteiger partial charge on any atom is -0.481 e. The van der Waals surface area contributed by atoms with Gasteiger partial charge in [0.2, 0.25) is 29.5 Å². The maximum atomic E-state index is 14.4. The van der Waals surface area contributed by atoms with Crippen molar-refractivity contribution in [2.24, 2.45) is 11.7 Å². The van der Waals surface area contributed by atoms with Gasteiger partial charge >= 0.3 is 11.9 Å². The number of aromatic amines is 1. The van der Waals surface area contributed by atoms with E-state index in [1.54, 1.807) is 86.8 Å². The number of rotatable bonds is 22. The smallest absolute Gasteiger partial charge is 0.326 e. The standard InChI is InChI=1S/C42H51N7O10/c1-24(2)36(43)41(57)49-34(23-50)40(56)48-33(21-27-22-44-29-16-10-9-15-28(27)29)39(55)47-32(20-26-13-7-4-8-14-26)38(54)46-31(19-25-11-5-3-6-12-25)37(53)45-30(42(58)59)17-18-35(51)52/h3-16,22,24,30-34,36,44,50H,17-21,23,43H2,1-2H3,(H,45,53)(H,46,54)(H,47,55)(H,48,56)(H,49,57)(H,51,52)(H,58,59)/t30-,31-,32-,33-,34-,36-/m0/s1. The molecule has 314 valence electrons. The maximum absolute atomic E-state index is 14.4. The Kier molecular flexibility index (Phi) is 16.7. The van der Waals surface area contributed by atoms with Crippen LogP contribution in [0.2, 0.25) is 0 Å². The predicted molar refractivity (Wildman–Crippen MR) is 216 cm³/mol. The molecule has 6 atom stereocenters. The molecule has 0 unspecified atom stereocenters. The van der Waals surface area contributed by atoms with Gasteiger partial charge < -0.3 is 52.6 Å². The average Bonchev–Trinajstić information content (AvgIpc) is 3.63. The number of aliphatic hydroxyl groups excluding tert-OH is 1. The van der Waals surface area contributed by atoms with Crippen LogP contribution >= 0.6 is 0 Å². The number of H-pyrrole nitrogens is 1. The van der Waals surface area contributed by atoms with Crippen LogP contribution in [-0.4, -0.2) is 105 Å². The van der Waals surface area contributed by atoms with Gasteiger partial charge in [0.1, 0.15) is 30.2 Å². The molecule has 0 aliphatic heterocycles. The summed E-state index contributed by atoms with van der Waals surface area (Å²) in [7, 11) is 0. The first-order valence-electron chi connectivity index (χ1n) is 19.1. The molecule has 1 aromatic heterocycles. The van der Waals surface area contributed by atoms with Crippen LogP contribution in [0.4, 0.5) is 0 Å². The molecule has 0 fully saturated rings. The number of carbonyl (C=O) groups is 7. The number of hydrogen-bond donors (Lipinski definition) is 10. The van der Waals surface area contributed by atoms with Crippen molar-refractivity contribution in [2.45, 2.75) is 82.2 Å². The molecule has 0 radical (unpaired) electrons. The highest BCUT2D eigenvalue weighted by Gasteiger charge is 2.34. The highest BCUT2D eigenvalue weighted by Crippen LogP contribution is 2.20. The molecule has 4 rings (SSSR count). The number of nitrogens with two attached hydrogens (primary N) is 1. The number of fused-ring (bicyclic) bond motifs is 1. The second kappa shape index (κ2) is 21.8. The molecule has 5 amide bonds. The third kappa shape index (κ3) is 13.5. The summed E-state index contributed by atoms with van der Waals surface area (Å²) >= 11 is 0. The number of hydrogen-bond acceptors (Lipinski definition) is 9. The molecule has 0 aliphatic rings. The summed E-state index contributed by atoms with van der Waals surface area (Å²) in [5, 5.41) is 42.5. The molecule has 0 saturated carbocycles. The number of carboxylic acid groups (broad SMARTS) is 2. The lowest BCUT2D eigenvalue weighted by Gasteiger charge is -2.27. The molecule has 0 spiro atoms. The van der Waals surface area contributed by atoms with E-state index in [9.17, 15) is 43.8 Å². The number of amides is 5. The summed E-state index contributed by atoms with van der Waals surface area (Å²) in [6.07, 6.45) is 0.459. The van der Waals surface area contributed by atoms with Crippen molar-refractivity contribution >= 4 is 52.4 Å². The van der Waals surface area contributed by atoms with Gasteiger partial charge in [0.25, 0.3) is 0 Å². The molecule has 17 heteroatoms. The van der Waals surface area contributed by atoms with E-state index in [1.165, 1.54) is 0 Å². The van der Waals surface area contributed by atoms with Crippen molar-refractivity contribution < 1.29 is 48.9 Å². The SMILES string of the molecule is CC(C)[C@H](N)C(=O)N[C@@H](CO)C(=O)N[C@@H](Cc1c[nH]c2ccccc12)C(=O)N[C@@H](Cc1ccccc1)C(=O)N[C@@H](Cc1ccccc1)C(=O)N[C@@H](CCC(=O)O)C(=O)O. The van der Waals surface area contributed by atoms with Crippen LogP contribution in [0, 0.1) is 5.92 Å². The Morgan fingerprint density at radius 3 is 1.51 bits per heavy atom. The van der Waals surface area contributed by atoms with Crippen molar-refractivity contribution in [3.05, 3.63) is 108 Å². The molecule has 3 aromatic carbocycles. The first-order chi connectivity index (χ1) is 28.2. The van der Waals surface area contributed by atoms with Crippen LogP contribution < -0.4 is 32.3 Å². The molecular weight excluding hydrogens is 763 g/mol. The summed E-state index contributed by atoms with van der Waals surface area (Å²) in [6, 6.07) is 16.4. The second-order valence-corrected chi connectivity index (χ2v) is 14.5. The molecule has 0 bridgehead atoms. The van der Waals surface area contributed by atoms with Crippen molar-refractivity contribution in [1.82, 2.24) is 31.6 Å². The largest absolute Gasteiger partial charge is 0.481 e. The summed E-state index contributed by atoms with van der Waals surface area (Å²) < 4.78 is 0. The zero-order valence-corrected chi connectivity index (χ0v) is 32.7.